The quantitative estimate of drug-likeness (QED) is 0.118. The van der Waals surface area contributed by atoms with Gasteiger partial charge >= 0.3 is 0 Å². The molecule has 47 heavy (non-hydrogen) atoms. The van der Waals surface area contributed by atoms with Crippen molar-refractivity contribution >= 4 is 5.91 Å². The van der Waals surface area contributed by atoms with Crippen LogP contribution in [0.15, 0.2) is 36.5 Å². The number of benzene rings is 1. The van der Waals surface area contributed by atoms with Crippen molar-refractivity contribution < 1.29 is 19.0 Å². The Balaban J connectivity index is 1.55. The lowest BCUT2D eigenvalue weighted by atomic mass is 9.80. The van der Waals surface area contributed by atoms with Gasteiger partial charge in [0.15, 0.2) is 11.5 Å². The molecule has 0 aliphatic heterocycles. The Morgan fingerprint density at radius 2 is 1.81 bits per heavy atom. The maximum atomic E-state index is 13.5. The van der Waals surface area contributed by atoms with Gasteiger partial charge in [-0.2, -0.15) is 0 Å². The third kappa shape index (κ3) is 12.2. The Morgan fingerprint density at radius 1 is 1.06 bits per heavy atom. The van der Waals surface area contributed by atoms with Crippen LogP contribution in [0, 0.1) is 29.1 Å². The van der Waals surface area contributed by atoms with Crippen molar-refractivity contribution in [2.75, 3.05) is 34.0 Å². The van der Waals surface area contributed by atoms with Gasteiger partial charge < -0.3 is 31.0 Å². The molecule has 1 aliphatic carbocycles. The van der Waals surface area contributed by atoms with Crippen molar-refractivity contribution in [2.24, 2.45) is 40.6 Å². The average Bonchev–Trinajstić information content (AvgIpc) is 3.72. The number of carbonyl (C=O) groups excluding carboxylic acids is 1. The molecular weight excluding hydrogens is 592 g/mol. The number of aromatic nitrogens is 3. The zero-order chi connectivity index (χ0) is 34.6. The van der Waals surface area contributed by atoms with Crippen LogP contribution in [0.2, 0.25) is 0 Å². The van der Waals surface area contributed by atoms with Crippen molar-refractivity contribution in [1.29, 1.82) is 0 Å². The van der Waals surface area contributed by atoms with E-state index in [0.29, 0.717) is 50.5 Å². The molecule has 5 atom stereocenters. The van der Waals surface area contributed by atoms with Gasteiger partial charge in [-0.3, -0.25) is 9.48 Å². The number of amides is 1. The van der Waals surface area contributed by atoms with Crippen LogP contribution < -0.4 is 26.3 Å². The van der Waals surface area contributed by atoms with Crippen molar-refractivity contribution in [3.8, 4) is 11.5 Å². The van der Waals surface area contributed by atoms with Gasteiger partial charge in [0.2, 0.25) is 5.91 Å². The molecule has 2 aromatic rings. The van der Waals surface area contributed by atoms with Crippen molar-refractivity contribution in [3.63, 3.8) is 0 Å². The Morgan fingerprint density at radius 3 is 2.45 bits per heavy atom. The van der Waals surface area contributed by atoms with Crippen LogP contribution in [0.4, 0.5) is 0 Å². The van der Waals surface area contributed by atoms with Crippen LogP contribution in [0.5, 0.6) is 11.5 Å². The molecule has 0 fully saturated rings. The van der Waals surface area contributed by atoms with E-state index in [1.165, 1.54) is 5.56 Å². The van der Waals surface area contributed by atoms with Crippen LogP contribution in [-0.2, 0) is 22.5 Å². The number of hydrogen-bond donors (Lipinski definition) is 3. The first kappa shape index (κ1) is 38.5. The summed E-state index contributed by atoms with van der Waals surface area (Å²) < 4.78 is 18.6. The van der Waals surface area contributed by atoms with Gasteiger partial charge in [-0.1, -0.05) is 65.0 Å². The van der Waals surface area contributed by atoms with E-state index in [-0.39, 0.29) is 35.2 Å². The first-order chi connectivity index (χ1) is 22.3. The van der Waals surface area contributed by atoms with E-state index in [4.69, 9.17) is 25.7 Å². The summed E-state index contributed by atoms with van der Waals surface area (Å²) in [5.74, 6) is 2.48. The average molecular weight is 655 g/mol. The molecule has 1 aromatic carbocycles. The Labute approximate surface area is 283 Å². The highest BCUT2D eigenvalue weighted by atomic mass is 16.5. The van der Waals surface area contributed by atoms with Crippen molar-refractivity contribution in [2.45, 2.75) is 105 Å². The summed E-state index contributed by atoms with van der Waals surface area (Å²) in [6.45, 7) is 15.3. The summed E-state index contributed by atoms with van der Waals surface area (Å²) >= 11 is 0. The van der Waals surface area contributed by atoms with E-state index in [1.807, 2.05) is 16.9 Å². The monoisotopic (exact) mass is 654 g/mol. The van der Waals surface area contributed by atoms with Crippen molar-refractivity contribution in [1.82, 2.24) is 20.3 Å². The molecule has 0 saturated heterocycles. The Hall–Kier alpha value is -2.95. The number of nitrogens with two attached hydrogens (primary N) is 2. The lowest BCUT2D eigenvalue weighted by molar-refractivity contribution is -0.127. The highest BCUT2D eigenvalue weighted by molar-refractivity contribution is 5.79. The number of ether oxygens (including phenoxy) is 3. The first-order valence-corrected chi connectivity index (χ1v) is 17.5. The number of allylic oxidation sites excluding steroid dienone is 2. The zero-order valence-corrected chi connectivity index (χ0v) is 30.2. The molecule has 0 saturated carbocycles. The van der Waals surface area contributed by atoms with E-state index in [2.05, 4.69) is 81.5 Å². The molecule has 1 amide bonds. The lowest BCUT2D eigenvalue weighted by Crippen LogP contribution is -2.48. The second-order valence-electron chi connectivity index (χ2n) is 14.9. The van der Waals surface area contributed by atoms with E-state index < -0.39 is 0 Å². The molecule has 264 valence electrons. The number of nitrogens with one attached hydrogen (secondary N) is 1. The summed E-state index contributed by atoms with van der Waals surface area (Å²) in [5.41, 5.74) is 15.5. The molecule has 0 radical (unpaired) electrons. The van der Waals surface area contributed by atoms with E-state index >= 15 is 0 Å². The molecule has 1 aliphatic rings. The third-order valence-electron chi connectivity index (χ3n) is 9.49. The van der Waals surface area contributed by atoms with Crippen molar-refractivity contribution in [3.05, 3.63) is 47.8 Å². The molecule has 3 rings (SSSR count). The summed E-state index contributed by atoms with van der Waals surface area (Å²) in [6, 6.07) is 5.61. The van der Waals surface area contributed by atoms with Crippen LogP contribution in [0.1, 0.15) is 90.8 Å². The molecule has 1 unspecified atom stereocenters. The standard InChI is InChI=1S/C37H62N6O4/c1-25(2)29(18-27-14-15-34(46-8)35(19-27)47-17-11-16-45-7)20-31(38)32(39)21-30(26(3)4)36(44)40-23-37(5,6)24-43-22-33(41-42-43)28-12-9-10-13-28/h9,12,14-15,19,22,25-26,28-32H,10-11,13,16-18,20-21,23-24,38-39H2,1-8H3,(H,40,44)/t28?,29-,30-,31-,32-/m0/s1. The summed E-state index contributed by atoms with van der Waals surface area (Å²) in [4.78, 5) is 13.5. The fourth-order valence-electron chi connectivity index (χ4n) is 6.31. The Kier molecular flexibility index (Phi) is 15.2. The summed E-state index contributed by atoms with van der Waals surface area (Å²) in [6.07, 6.45) is 11.6. The number of methoxy groups -OCH3 is 2. The fourth-order valence-corrected chi connectivity index (χ4v) is 6.31. The third-order valence-corrected chi connectivity index (χ3v) is 9.49. The van der Waals surface area contributed by atoms with E-state index in [0.717, 1.165) is 49.3 Å². The number of rotatable bonds is 21. The summed E-state index contributed by atoms with van der Waals surface area (Å²) in [5, 5.41) is 12.0. The molecule has 1 heterocycles. The Bertz CT molecular complexity index is 1260. The maximum absolute atomic E-state index is 13.5. The predicted octanol–water partition coefficient (Wildman–Crippen LogP) is 5.50. The number of nitrogens with zero attached hydrogens (tertiary/aromatic N) is 3. The van der Waals surface area contributed by atoms with Gasteiger partial charge in [0.1, 0.15) is 0 Å². The molecule has 0 spiro atoms. The van der Waals surface area contributed by atoms with Crippen LogP contribution in [-0.4, -0.2) is 67.0 Å². The largest absolute Gasteiger partial charge is 0.493 e. The normalized spacial score (nSPS) is 17.6. The molecule has 10 nitrogen and oxygen atoms in total. The SMILES string of the molecule is COCCCOc1cc(C[C@@H](C[C@H](N)[C@@H](N)C[C@H](C(=O)NCC(C)(C)Cn2cc(C3C=CCC3)nn2)C(C)C)C(C)C)ccc1OC. The second-order valence-corrected chi connectivity index (χ2v) is 14.9. The highest BCUT2D eigenvalue weighted by Crippen LogP contribution is 2.32. The topological polar surface area (TPSA) is 140 Å². The maximum Gasteiger partial charge on any atom is 0.223 e. The van der Waals surface area contributed by atoms with Gasteiger partial charge in [0, 0.05) is 68.8 Å². The lowest BCUT2D eigenvalue weighted by Gasteiger charge is -2.31. The minimum atomic E-state index is -0.295. The highest BCUT2D eigenvalue weighted by Gasteiger charge is 2.30. The molecule has 1 aromatic heterocycles. The van der Waals surface area contributed by atoms with Crippen LogP contribution in [0.25, 0.3) is 0 Å². The predicted molar refractivity (Wildman–Crippen MR) is 188 cm³/mol. The molecule has 10 heteroatoms. The molecule has 5 N–H and O–H groups in total. The minimum Gasteiger partial charge on any atom is -0.493 e. The van der Waals surface area contributed by atoms with Crippen LogP contribution >= 0.6 is 0 Å². The zero-order valence-electron chi connectivity index (χ0n) is 30.2. The molecular formula is C37H62N6O4. The van der Waals surface area contributed by atoms with Gasteiger partial charge in [-0.15, -0.1) is 5.10 Å². The van der Waals surface area contributed by atoms with Gasteiger partial charge in [0.25, 0.3) is 0 Å². The summed E-state index contributed by atoms with van der Waals surface area (Å²) in [7, 11) is 3.35. The first-order valence-electron chi connectivity index (χ1n) is 17.5. The number of carbonyl (C=O) groups is 1. The second kappa shape index (κ2) is 18.6. The van der Waals surface area contributed by atoms with E-state index in [1.54, 1.807) is 14.2 Å². The minimum absolute atomic E-state index is 0.0303. The van der Waals surface area contributed by atoms with Gasteiger partial charge in [-0.05, 0) is 67.6 Å². The number of hydrogen-bond acceptors (Lipinski definition) is 8. The van der Waals surface area contributed by atoms with E-state index in [9.17, 15) is 4.79 Å². The van der Waals surface area contributed by atoms with Crippen LogP contribution in [0.3, 0.4) is 0 Å². The van der Waals surface area contributed by atoms with Gasteiger partial charge in [-0.25, -0.2) is 0 Å². The fraction of sp³-hybridized carbons (Fsp3) is 0.703. The van der Waals surface area contributed by atoms with Gasteiger partial charge in [0.05, 0.1) is 19.4 Å². The molecule has 0 bridgehead atoms. The smallest absolute Gasteiger partial charge is 0.223 e.